The van der Waals surface area contributed by atoms with Gasteiger partial charge in [-0.15, -0.1) is 20.8 Å². The number of pyridine rings is 1. The number of methoxy groups -OCH3 is 1. The van der Waals surface area contributed by atoms with E-state index in [0.717, 1.165) is 26.6 Å². The largest absolute Gasteiger partial charge is 0.695 e. The van der Waals surface area contributed by atoms with E-state index in [-0.39, 0.29) is 18.3 Å². The summed E-state index contributed by atoms with van der Waals surface area (Å²) in [5.74, 6) is -0.0198. The number of hydrogen-bond acceptors (Lipinski definition) is 7. The molecule has 4 rings (SSSR count). The number of nitrogens with one attached hydrogen (secondary N) is 1. The number of carbonyl (C=O) groups excluding carboxylic acids is 2. The Labute approximate surface area is 200 Å². The lowest BCUT2D eigenvalue weighted by Gasteiger charge is -2.08. The lowest BCUT2D eigenvalue weighted by Crippen LogP contribution is -2.12. The number of amides is 1. The normalized spacial score (nSPS) is 11.7. The molecule has 2 aromatic heterocycles. The standard InChI is InChI=1S/C24H21N2O6PS/c1-13-21-16(11-31-3)7-8-17(14(2)27)23(21)34-22(13)24(28)26-20-10-9-18-15(12-32-33(29)30)5-4-6-19(18)25-20/h4-10H,11-12H2,1-3H3,(H-,25,26,28,29,30)/p+1. The third-order valence-corrected chi connectivity index (χ3v) is 7.12. The molecule has 10 heteroatoms. The molecule has 0 saturated heterocycles. The van der Waals surface area contributed by atoms with E-state index in [2.05, 4.69) is 10.3 Å². The van der Waals surface area contributed by atoms with Crippen molar-refractivity contribution < 1.29 is 28.3 Å². The van der Waals surface area contributed by atoms with Crippen LogP contribution in [0.5, 0.6) is 0 Å². The fourth-order valence-electron chi connectivity index (χ4n) is 3.91. The topological polar surface area (TPSA) is 115 Å². The number of fused-ring (bicyclic) bond motifs is 2. The van der Waals surface area contributed by atoms with Gasteiger partial charge >= 0.3 is 8.25 Å². The van der Waals surface area contributed by atoms with Crippen molar-refractivity contribution in [2.24, 2.45) is 0 Å². The third-order valence-electron chi connectivity index (χ3n) is 5.44. The van der Waals surface area contributed by atoms with Gasteiger partial charge in [-0.3, -0.25) is 9.59 Å². The van der Waals surface area contributed by atoms with Crippen molar-refractivity contribution in [3.63, 3.8) is 0 Å². The number of aryl methyl sites for hydroxylation is 1. The monoisotopic (exact) mass is 497 g/mol. The van der Waals surface area contributed by atoms with E-state index < -0.39 is 8.25 Å². The molecule has 2 N–H and O–H groups in total. The van der Waals surface area contributed by atoms with Gasteiger partial charge in [0.25, 0.3) is 5.91 Å². The number of hydrogen-bond donors (Lipinski definition) is 2. The summed E-state index contributed by atoms with van der Waals surface area (Å²) in [5.41, 5.74) is 3.60. The first-order valence-electron chi connectivity index (χ1n) is 10.3. The Morgan fingerprint density at radius 2 is 1.91 bits per heavy atom. The third kappa shape index (κ3) is 4.75. The van der Waals surface area contributed by atoms with Crippen LogP contribution in [0.3, 0.4) is 0 Å². The van der Waals surface area contributed by atoms with Crippen LogP contribution in [-0.4, -0.2) is 28.7 Å². The average Bonchev–Trinajstić information content (AvgIpc) is 3.15. The lowest BCUT2D eigenvalue weighted by molar-refractivity contribution is 0.101. The van der Waals surface area contributed by atoms with Gasteiger partial charge in [0.1, 0.15) is 12.4 Å². The molecule has 0 aliphatic rings. The Balaban J connectivity index is 1.68. The van der Waals surface area contributed by atoms with Crippen molar-refractivity contribution in [2.75, 3.05) is 12.4 Å². The Morgan fingerprint density at radius 1 is 1.12 bits per heavy atom. The number of benzene rings is 2. The van der Waals surface area contributed by atoms with E-state index in [9.17, 15) is 14.2 Å². The maximum atomic E-state index is 13.2. The molecule has 1 unspecified atom stereocenters. The summed E-state index contributed by atoms with van der Waals surface area (Å²) in [5, 5.41) is 4.47. The number of Topliss-reactive ketones (excluding diaryl/α,β-unsaturated/α-hetero) is 1. The minimum atomic E-state index is -2.70. The summed E-state index contributed by atoms with van der Waals surface area (Å²) in [6.45, 7) is 3.72. The summed E-state index contributed by atoms with van der Waals surface area (Å²) >= 11 is 1.28. The Hall–Kier alpha value is -3.07. The molecule has 34 heavy (non-hydrogen) atoms. The molecule has 1 atom stereocenters. The van der Waals surface area contributed by atoms with Crippen LogP contribution in [0.2, 0.25) is 0 Å². The predicted octanol–water partition coefficient (Wildman–Crippen LogP) is 5.53. The summed E-state index contributed by atoms with van der Waals surface area (Å²) in [4.78, 5) is 39.3. The molecule has 8 nitrogen and oxygen atoms in total. The van der Waals surface area contributed by atoms with Gasteiger partial charge in [-0.1, -0.05) is 18.2 Å². The zero-order valence-corrected chi connectivity index (χ0v) is 20.5. The summed E-state index contributed by atoms with van der Waals surface area (Å²) < 4.78 is 21.8. The van der Waals surface area contributed by atoms with Crippen LogP contribution in [0.15, 0.2) is 42.5 Å². The first-order valence-corrected chi connectivity index (χ1v) is 12.3. The number of ether oxygens (including phenoxy) is 1. The number of nitrogens with zero attached hydrogens (tertiary/aromatic N) is 1. The average molecular weight is 497 g/mol. The zero-order valence-electron chi connectivity index (χ0n) is 18.7. The van der Waals surface area contributed by atoms with E-state index in [0.29, 0.717) is 33.9 Å². The second-order valence-corrected chi connectivity index (χ2v) is 9.42. The maximum absolute atomic E-state index is 13.2. The molecule has 0 saturated carbocycles. The molecule has 0 bridgehead atoms. The van der Waals surface area contributed by atoms with Gasteiger partial charge in [-0.25, -0.2) is 4.98 Å². The van der Waals surface area contributed by atoms with Gasteiger partial charge in [0, 0.05) is 32.7 Å². The number of ketones is 1. The van der Waals surface area contributed by atoms with Crippen molar-refractivity contribution in [3.8, 4) is 0 Å². The second kappa shape index (κ2) is 10.0. The van der Waals surface area contributed by atoms with Crippen LogP contribution in [-0.2, 0) is 27.0 Å². The molecule has 0 spiro atoms. The Kier molecular flexibility index (Phi) is 7.11. The second-order valence-electron chi connectivity index (χ2n) is 7.67. The highest BCUT2D eigenvalue weighted by atomic mass is 32.1. The molecule has 174 valence electrons. The van der Waals surface area contributed by atoms with Gasteiger partial charge < -0.3 is 10.1 Å². The summed E-state index contributed by atoms with van der Waals surface area (Å²) in [6.07, 6.45) is 0. The van der Waals surface area contributed by atoms with E-state index in [1.807, 2.05) is 13.0 Å². The van der Waals surface area contributed by atoms with Crippen molar-refractivity contribution >= 4 is 58.1 Å². The SMILES string of the molecule is COCc1ccc(C(C)=O)c2sc(C(=O)Nc3ccc4c(CO[P+](=O)O)cccc4n3)c(C)c12. The number of aromatic nitrogens is 1. The lowest BCUT2D eigenvalue weighted by atomic mass is 10.0. The minimum absolute atomic E-state index is 0.0281. The van der Waals surface area contributed by atoms with Gasteiger partial charge in [0.05, 0.1) is 17.0 Å². The number of anilines is 1. The minimum Gasteiger partial charge on any atom is -0.380 e. The zero-order chi connectivity index (χ0) is 24.4. The smallest absolute Gasteiger partial charge is 0.380 e. The van der Waals surface area contributed by atoms with Crippen LogP contribution in [0.1, 0.15) is 43.6 Å². The van der Waals surface area contributed by atoms with Gasteiger partial charge in [-0.05, 0) is 54.8 Å². The maximum Gasteiger partial charge on any atom is 0.695 e. The van der Waals surface area contributed by atoms with Crippen LogP contribution >= 0.6 is 19.6 Å². The molecule has 0 aliphatic heterocycles. The fourth-order valence-corrected chi connectivity index (χ4v) is 5.47. The molecule has 4 aromatic rings. The summed E-state index contributed by atoms with van der Waals surface area (Å²) in [7, 11) is -1.10. The fraction of sp³-hybridized carbons (Fsp3) is 0.208. The van der Waals surface area contributed by atoms with Gasteiger partial charge in [0.2, 0.25) is 0 Å². The molecule has 0 fully saturated rings. The van der Waals surface area contributed by atoms with Crippen LogP contribution in [0, 0.1) is 6.92 Å². The number of rotatable bonds is 8. The first kappa shape index (κ1) is 24.1. The van der Waals surface area contributed by atoms with E-state index in [4.69, 9.17) is 14.2 Å². The highest BCUT2D eigenvalue weighted by molar-refractivity contribution is 7.32. The number of thiophene rings is 1. The highest BCUT2D eigenvalue weighted by Gasteiger charge is 2.22. The van der Waals surface area contributed by atoms with Crippen molar-refractivity contribution in [1.29, 1.82) is 0 Å². The van der Waals surface area contributed by atoms with Crippen LogP contribution in [0.4, 0.5) is 5.82 Å². The quantitative estimate of drug-likeness (QED) is 0.243. The Morgan fingerprint density at radius 3 is 2.62 bits per heavy atom. The molecule has 0 radical (unpaired) electrons. The highest BCUT2D eigenvalue weighted by Crippen LogP contribution is 2.37. The van der Waals surface area contributed by atoms with Crippen molar-refractivity contribution in [3.05, 3.63) is 69.6 Å². The molecular formula is C24H22N2O6PS+. The molecular weight excluding hydrogens is 475 g/mol. The van der Waals surface area contributed by atoms with Crippen LogP contribution < -0.4 is 5.32 Å². The van der Waals surface area contributed by atoms with E-state index >= 15 is 0 Å². The first-order chi connectivity index (χ1) is 16.3. The molecule has 1 amide bonds. The predicted molar refractivity (Wildman–Crippen MR) is 132 cm³/mol. The van der Waals surface area contributed by atoms with Gasteiger partial charge in [0.15, 0.2) is 5.78 Å². The van der Waals surface area contributed by atoms with Crippen LogP contribution in [0.25, 0.3) is 21.0 Å². The molecule has 0 aliphatic carbocycles. The molecule has 2 heterocycles. The van der Waals surface area contributed by atoms with Crippen molar-refractivity contribution in [2.45, 2.75) is 27.1 Å². The van der Waals surface area contributed by atoms with Gasteiger partial charge in [-0.2, -0.15) is 0 Å². The molecule has 2 aromatic carbocycles. The Bertz CT molecular complexity index is 1450. The van der Waals surface area contributed by atoms with E-state index in [1.165, 1.54) is 18.3 Å². The van der Waals surface area contributed by atoms with Crippen molar-refractivity contribution in [1.82, 2.24) is 4.98 Å². The summed E-state index contributed by atoms with van der Waals surface area (Å²) in [6, 6.07) is 12.4. The number of carbonyl (C=O) groups is 2. The van der Waals surface area contributed by atoms with E-state index in [1.54, 1.807) is 43.5 Å².